The second-order valence-corrected chi connectivity index (χ2v) is 7.03. The molecule has 0 aliphatic carbocycles. The zero-order chi connectivity index (χ0) is 20.2. The average Bonchev–Trinajstić information content (AvgIpc) is 3.37. The van der Waals surface area contributed by atoms with Gasteiger partial charge >= 0.3 is 6.03 Å². The van der Waals surface area contributed by atoms with Crippen LogP contribution in [0.4, 0.5) is 14.9 Å². The first-order chi connectivity index (χ1) is 14.1. The smallest absolute Gasteiger partial charge is 0.319 e. The topological polar surface area (TPSA) is 79.3 Å². The van der Waals surface area contributed by atoms with E-state index in [9.17, 15) is 14.0 Å². The van der Waals surface area contributed by atoms with Crippen LogP contribution >= 0.6 is 0 Å². The van der Waals surface area contributed by atoms with Crippen LogP contribution in [0.3, 0.4) is 0 Å². The van der Waals surface area contributed by atoms with Gasteiger partial charge in [-0.2, -0.15) is 0 Å². The molecule has 7 nitrogen and oxygen atoms in total. The van der Waals surface area contributed by atoms with Crippen molar-refractivity contribution in [1.29, 1.82) is 0 Å². The summed E-state index contributed by atoms with van der Waals surface area (Å²) in [5, 5.41) is 5.33. The van der Waals surface area contributed by atoms with E-state index in [0.29, 0.717) is 24.3 Å². The number of urea groups is 1. The lowest BCUT2D eigenvalue weighted by atomic mass is 10.1. The van der Waals surface area contributed by atoms with Crippen molar-refractivity contribution in [1.82, 2.24) is 19.8 Å². The number of carbonyl (C=O) groups excluding carboxylic acids is 2. The van der Waals surface area contributed by atoms with Crippen LogP contribution < -0.4 is 10.6 Å². The molecule has 0 spiro atoms. The van der Waals surface area contributed by atoms with Gasteiger partial charge in [-0.05, 0) is 49.2 Å². The molecule has 1 aliphatic rings. The van der Waals surface area contributed by atoms with Gasteiger partial charge in [0.25, 0.3) is 5.91 Å². The number of nitrogens with zero attached hydrogens (tertiary/aromatic N) is 3. The van der Waals surface area contributed by atoms with Crippen LogP contribution in [0.25, 0.3) is 11.0 Å². The molecule has 3 aromatic rings. The van der Waals surface area contributed by atoms with Crippen LogP contribution in [-0.2, 0) is 6.54 Å². The highest BCUT2D eigenvalue weighted by Gasteiger charge is 2.20. The van der Waals surface area contributed by atoms with Gasteiger partial charge in [0.2, 0.25) is 0 Å². The van der Waals surface area contributed by atoms with Crippen LogP contribution in [0.2, 0.25) is 0 Å². The first-order valence-corrected chi connectivity index (χ1v) is 9.65. The molecule has 4 rings (SSSR count). The van der Waals surface area contributed by atoms with Gasteiger partial charge in [-0.15, -0.1) is 0 Å². The van der Waals surface area contributed by atoms with Crippen molar-refractivity contribution in [3.63, 3.8) is 0 Å². The van der Waals surface area contributed by atoms with Crippen LogP contribution in [0, 0.1) is 5.82 Å². The van der Waals surface area contributed by atoms with Crippen LogP contribution in [0.1, 0.15) is 23.2 Å². The lowest BCUT2D eigenvalue weighted by Crippen LogP contribution is -2.31. The normalized spacial score (nSPS) is 13.6. The molecule has 0 radical (unpaired) electrons. The lowest BCUT2D eigenvalue weighted by Gasteiger charge is -2.15. The SMILES string of the molecule is O=C(NCCn1cnc2cc(C(=O)N3CCCC3)ccc21)Nc1cccc(F)c1. The summed E-state index contributed by atoms with van der Waals surface area (Å²) in [5.74, 6) is -0.357. The summed E-state index contributed by atoms with van der Waals surface area (Å²) in [5.41, 5.74) is 2.69. The number of aromatic nitrogens is 2. The standard InChI is InChI=1S/C21H22FN5O2/c22-16-4-3-5-17(13-16)25-21(29)23-8-11-27-14-24-18-12-15(6-7-19(18)27)20(28)26-9-1-2-10-26/h3-7,12-14H,1-2,8-11H2,(H2,23,25,29). The van der Waals surface area contributed by atoms with Gasteiger partial charge in [0.15, 0.2) is 0 Å². The number of fused-ring (bicyclic) bond motifs is 1. The van der Waals surface area contributed by atoms with E-state index >= 15 is 0 Å². The van der Waals surface area contributed by atoms with E-state index in [2.05, 4.69) is 15.6 Å². The van der Waals surface area contributed by atoms with Crippen LogP contribution in [-0.4, -0.2) is 46.0 Å². The number of carbonyl (C=O) groups is 2. The van der Waals surface area contributed by atoms with E-state index in [1.165, 1.54) is 18.2 Å². The highest BCUT2D eigenvalue weighted by molar-refractivity contribution is 5.97. The van der Waals surface area contributed by atoms with Crippen molar-refractivity contribution in [2.24, 2.45) is 0 Å². The third-order valence-electron chi connectivity index (χ3n) is 4.98. The first-order valence-electron chi connectivity index (χ1n) is 9.65. The highest BCUT2D eigenvalue weighted by Crippen LogP contribution is 2.18. The third kappa shape index (κ3) is 4.37. The Labute approximate surface area is 167 Å². The number of anilines is 1. The molecule has 3 amide bonds. The summed E-state index contributed by atoms with van der Waals surface area (Å²) in [6, 6.07) is 10.8. The Kier molecular flexibility index (Phi) is 5.41. The molecule has 1 aliphatic heterocycles. The quantitative estimate of drug-likeness (QED) is 0.696. The summed E-state index contributed by atoms with van der Waals surface area (Å²) >= 11 is 0. The second-order valence-electron chi connectivity index (χ2n) is 7.03. The molecule has 0 unspecified atom stereocenters. The summed E-state index contributed by atoms with van der Waals surface area (Å²) in [6.07, 6.45) is 3.81. The van der Waals surface area contributed by atoms with Crippen LogP contribution in [0.5, 0.6) is 0 Å². The molecule has 0 saturated carbocycles. The Morgan fingerprint density at radius 1 is 1.10 bits per heavy atom. The van der Waals surface area contributed by atoms with Crippen molar-refractivity contribution < 1.29 is 14.0 Å². The predicted octanol–water partition coefficient (Wildman–Crippen LogP) is 3.23. The van der Waals surface area contributed by atoms with Crippen LogP contribution in [0.15, 0.2) is 48.8 Å². The fourth-order valence-electron chi connectivity index (χ4n) is 3.51. The minimum atomic E-state index is -0.407. The van der Waals surface area contributed by atoms with E-state index in [-0.39, 0.29) is 5.91 Å². The van der Waals surface area contributed by atoms with Gasteiger partial charge in [-0.25, -0.2) is 14.2 Å². The number of hydrogen-bond acceptors (Lipinski definition) is 3. The summed E-state index contributed by atoms with van der Waals surface area (Å²) in [4.78, 5) is 30.7. The summed E-state index contributed by atoms with van der Waals surface area (Å²) < 4.78 is 15.1. The van der Waals surface area contributed by atoms with Gasteiger partial charge in [0.05, 0.1) is 17.4 Å². The van der Waals surface area contributed by atoms with Gasteiger partial charge < -0.3 is 20.1 Å². The zero-order valence-electron chi connectivity index (χ0n) is 15.9. The number of imidazole rings is 1. The number of rotatable bonds is 5. The number of benzene rings is 2. The maximum Gasteiger partial charge on any atom is 0.319 e. The predicted molar refractivity (Wildman–Crippen MR) is 108 cm³/mol. The lowest BCUT2D eigenvalue weighted by molar-refractivity contribution is 0.0793. The molecule has 0 atom stereocenters. The van der Waals surface area contributed by atoms with E-state index in [1.54, 1.807) is 12.4 Å². The minimum Gasteiger partial charge on any atom is -0.339 e. The van der Waals surface area contributed by atoms with Crippen molar-refractivity contribution in [3.8, 4) is 0 Å². The number of amides is 3. The van der Waals surface area contributed by atoms with Gasteiger partial charge in [-0.3, -0.25) is 4.79 Å². The van der Waals surface area contributed by atoms with E-state index in [0.717, 1.165) is 37.0 Å². The molecular formula is C21H22FN5O2. The average molecular weight is 395 g/mol. The fourth-order valence-corrected chi connectivity index (χ4v) is 3.51. The Morgan fingerprint density at radius 2 is 1.93 bits per heavy atom. The minimum absolute atomic E-state index is 0.0506. The van der Waals surface area contributed by atoms with Crippen molar-refractivity contribution in [2.45, 2.75) is 19.4 Å². The van der Waals surface area contributed by atoms with E-state index in [4.69, 9.17) is 0 Å². The largest absolute Gasteiger partial charge is 0.339 e. The third-order valence-corrected chi connectivity index (χ3v) is 4.98. The second kappa shape index (κ2) is 8.30. The van der Waals surface area contributed by atoms with E-state index in [1.807, 2.05) is 27.7 Å². The van der Waals surface area contributed by atoms with Gasteiger partial charge in [0.1, 0.15) is 5.82 Å². The molecule has 1 saturated heterocycles. The molecule has 150 valence electrons. The van der Waals surface area contributed by atoms with E-state index < -0.39 is 11.8 Å². The molecular weight excluding hydrogens is 373 g/mol. The maximum absolute atomic E-state index is 13.2. The molecule has 8 heteroatoms. The fraction of sp³-hybridized carbons (Fsp3) is 0.286. The molecule has 2 heterocycles. The van der Waals surface area contributed by atoms with Gasteiger partial charge in [-0.1, -0.05) is 6.07 Å². The Bertz CT molecular complexity index is 1040. The molecule has 0 bridgehead atoms. The zero-order valence-corrected chi connectivity index (χ0v) is 15.9. The number of likely N-dealkylation sites (tertiary alicyclic amines) is 1. The molecule has 1 fully saturated rings. The number of nitrogens with one attached hydrogen (secondary N) is 2. The molecule has 2 N–H and O–H groups in total. The molecule has 29 heavy (non-hydrogen) atoms. The Morgan fingerprint density at radius 3 is 2.72 bits per heavy atom. The highest BCUT2D eigenvalue weighted by atomic mass is 19.1. The Hall–Kier alpha value is -3.42. The number of hydrogen-bond donors (Lipinski definition) is 2. The molecule has 2 aromatic carbocycles. The summed E-state index contributed by atoms with van der Waals surface area (Å²) in [7, 11) is 0. The van der Waals surface area contributed by atoms with Crippen molar-refractivity contribution in [3.05, 3.63) is 60.2 Å². The van der Waals surface area contributed by atoms with Crippen molar-refractivity contribution in [2.75, 3.05) is 25.0 Å². The van der Waals surface area contributed by atoms with Gasteiger partial charge in [0, 0.05) is 37.4 Å². The monoisotopic (exact) mass is 395 g/mol. The first kappa shape index (κ1) is 18.9. The molecule has 1 aromatic heterocycles. The Balaban J connectivity index is 1.35. The summed E-state index contributed by atoms with van der Waals surface area (Å²) in [6.45, 7) is 2.52. The number of halogens is 1. The maximum atomic E-state index is 13.2. The van der Waals surface area contributed by atoms with Crippen molar-refractivity contribution >= 4 is 28.7 Å².